The molecule has 0 radical (unpaired) electrons. The Bertz CT molecular complexity index is 458. The number of hydrogen-bond donors (Lipinski definition) is 3. The van der Waals surface area contributed by atoms with Crippen LogP contribution in [0.1, 0.15) is 0 Å². The zero-order valence-electron chi connectivity index (χ0n) is 7.88. The van der Waals surface area contributed by atoms with E-state index in [4.69, 9.17) is 17.2 Å². The van der Waals surface area contributed by atoms with Gasteiger partial charge in [-0.2, -0.15) is 0 Å². The summed E-state index contributed by atoms with van der Waals surface area (Å²) in [4.78, 5) is 12.1. The summed E-state index contributed by atoms with van der Waals surface area (Å²) in [6.07, 6.45) is 1.64. The predicted octanol–water partition coefficient (Wildman–Crippen LogP) is 0.285. The molecule has 2 aromatic rings. The predicted molar refractivity (Wildman–Crippen MR) is 58.5 cm³/mol. The molecule has 15 heavy (non-hydrogen) atoms. The molecule has 0 atom stereocenters. The van der Waals surface area contributed by atoms with Crippen LogP contribution in [0, 0.1) is 0 Å². The van der Waals surface area contributed by atoms with Gasteiger partial charge in [0.2, 0.25) is 0 Å². The minimum absolute atomic E-state index is 0.170. The van der Waals surface area contributed by atoms with E-state index in [0.717, 1.165) is 0 Å². The molecule has 76 valence electrons. The average Bonchev–Trinajstić information content (AvgIpc) is 2.26. The summed E-state index contributed by atoms with van der Waals surface area (Å²) in [5.74, 6) is 0.714. The lowest BCUT2D eigenvalue weighted by molar-refractivity contribution is 1.16. The molecule has 2 heterocycles. The largest absolute Gasteiger partial charge is 0.393 e. The summed E-state index contributed by atoms with van der Waals surface area (Å²) in [5.41, 5.74) is 17.5. The molecular weight excluding hydrogens is 192 g/mol. The zero-order valence-corrected chi connectivity index (χ0v) is 7.88. The normalized spacial score (nSPS) is 10.1. The minimum Gasteiger partial charge on any atom is -0.393 e. The first-order valence-electron chi connectivity index (χ1n) is 4.28. The molecule has 2 rings (SSSR count). The van der Waals surface area contributed by atoms with Crippen molar-refractivity contribution in [3.63, 3.8) is 0 Å². The van der Waals surface area contributed by atoms with Crippen molar-refractivity contribution in [2.45, 2.75) is 0 Å². The molecule has 0 spiro atoms. The van der Waals surface area contributed by atoms with Crippen LogP contribution in [0.4, 0.5) is 17.3 Å². The van der Waals surface area contributed by atoms with Gasteiger partial charge in [-0.05, 0) is 12.1 Å². The fourth-order valence-electron chi connectivity index (χ4n) is 1.11. The molecule has 2 aromatic heterocycles. The molecule has 0 aliphatic heterocycles. The van der Waals surface area contributed by atoms with Crippen molar-refractivity contribution in [3.05, 3.63) is 24.4 Å². The minimum atomic E-state index is 0.170. The Morgan fingerprint density at radius 1 is 0.933 bits per heavy atom. The number of pyridine rings is 1. The second kappa shape index (κ2) is 3.41. The molecule has 0 aliphatic carbocycles. The van der Waals surface area contributed by atoms with Crippen molar-refractivity contribution in [2.75, 3.05) is 17.2 Å². The highest BCUT2D eigenvalue weighted by molar-refractivity contribution is 5.73. The number of rotatable bonds is 1. The Morgan fingerprint density at radius 2 is 1.60 bits per heavy atom. The van der Waals surface area contributed by atoms with Crippen LogP contribution in [0.5, 0.6) is 0 Å². The van der Waals surface area contributed by atoms with Gasteiger partial charge in [-0.3, -0.25) is 4.98 Å². The Kier molecular flexibility index (Phi) is 2.09. The Morgan fingerprint density at radius 3 is 2.13 bits per heavy atom. The maximum Gasteiger partial charge on any atom is 0.182 e. The highest BCUT2D eigenvalue weighted by Crippen LogP contribution is 2.22. The molecule has 0 saturated carbocycles. The second-order valence-corrected chi connectivity index (χ2v) is 2.95. The molecule has 0 saturated heterocycles. The van der Waals surface area contributed by atoms with Crippen LogP contribution < -0.4 is 17.2 Å². The molecule has 6 N–H and O–H groups in total. The summed E-state index contributed by atoms with van der Waals surface area (Å²) in [6.45, 7) is 0. The van der Waals surface area contributed by atoms with E-state index in [0.29, 0.717) is 11.5 Å². The van der Waals surface area contributed by atoms with Crippen molar-refractivity contribution in [1.29, 1.82) is 0 Å². The SMILES string of the molecule is Nc1nc(-c2ccccn2)nc(N)c1N. The first-order chi connectivity index (χ1) is 7.18. The molecule has 0 fully saturated rings. The Balaban J connectivity index is 2.56. The van der Waals surface area contributed by atoms with Crippen molar-refractivity contribution < 1.29 is 0 Å². The summed E-state index contributed by atoms with van der Waals surface area (Å²) >= 11 is 0. The first kappa shape index (κ1) is 9.20. The maximum atomic E-state index is 5.57. The van der Waals surface area contributed by atoms with E-state index in [1.807, 2.05) is 6.07 Å². The van der Waals surface area contributed by atoms with E-state index in [9.17, 15) is 0 Å². The topological polar surface area (TPSA) is 117 Å². The third-order valence-electron chi connectivity index (χ3n) is 1.90. The van der Waals surface area contributed by atoms with Crippen LogP contribution in [-0.4, -0.2) is 15.0 Å². The molecule has 0 unspecified atom stereocenters. The Labute approximate surface area is 86.2 Å². The standard InChI is InChI=1S/C9H10N6/c10-6-7(11)14-9(15-8(6)12)5-3-1-2-4-13-5/h1-4H,10H2,(H4,11,12,14,15). The number of aromatic nitrogens is 3. The van der Waals surface area contributed by atoms with E-state index in [2.05, 4.69) is 15.0 Å². The molecule has 6 heteroatoms. The molecule has 0 aliphatic rings. The smallest absolute Gasteiger partial charge is 0.182 e. The summed E-state index contributed by atoms with van der Waals surface area (Å²) < 4.78 is 0. The highest BCUT2D eigenvalue weighted by Gasteiger charge is 2.08. The van der Waals surface area contributed by atoms with Gasteiger partial charge >= 0.3 is 0 Å². The fraction of sp³-hybridized carbons (Fsp3) is 0. The van der Waals surface area contributed by atoms with Gasteiger partial charge in [0.15, 0.2) is 17.5 Å². The second-order valence-electron chi connectivity index (χ2n) is 2.95. The van der Waals surface area contributed by atoms with E-state index < -0.39 is 0 Å². The van der Waals surface area contributed by atoms with Crippen LogP contribution in [0.2, 0.25) is 0 Å². The van der Waals surface area contributed by atoms with Crippen LogP contribution in [0.25, 0.3) is 11.5 Å². The zero-order chi connectivity index (χ0) is 10.8. The van der Waals surface area contributed by atoms with Crippen molar-refractivity contribution >= 4 is 17.3 Å². The quantitative estimate of drug-likeness (QED) is 0.611. The van der Waals surface area contributed by atoms with E-state index >= 15 is 0 Å². The Hall–Kier alpha value is -2.37. The summed E-state index contributed by atoms with van der Waals surface area (Å²) in [5, 5.41) is 0. The van der Waals surface area contributed by atoms with Gasteiger partial charge in [0.1, 0.15) is 11.4 Å². The van der Waals surface area contributed by atoms with Crippen LogP contribution in [0.15, 0.2) is 24.4 Å². The molecular formula is C9H10N6. The fourth-order valence-corrected chi connectivity index (χ4v) is 1.11. The average molecular weight is 202 g/mol. The third kappa shape index (κ3) is 1.64. The maximum absolute atomic E-state index is 5.57. The number of hydrogen-bond acceptors (Lipinski definition) is 6. The molecule has 0 bridgehead atoms. The first-order valence-corrected chi connectivity index (χ1v) is 4.28. The van der Waals surface area contributed by atoms with E-state index in [1.54, 1.807) is 18.3 Å². The molecule has 6 nitrogen and oxygen atoms in total. The lowest BCUT2D eigenvalue weighted by Gasteiger charge is -2.05. The monoisotopic (exact) mass is 202 g/mol. The number of nitrogens with two attached hydrogens (primary N) is 3. The van der Waals surface area contributed by atoms with Gasteiger partial charge in [0.25, 0.3) is 0 Å². The van der Waals surface area contributed by atoms with Gasteiger partial charge in [-0.25, -0.2) is 9.97 Å². The molecule has 0 amide bonds. The van der Waals surface area contributed by atoms with E-state index in [-0.39, 0.29) is 17.3 Å². The van der Waals surface area contributed by atoms with Crippen molar-refractivity contribution in [3.8, 4) is 11.5 Å². The number of anilines is 3. The lowest BCUT2D eigenvalue weighted by atomic mass is 10.3. The highest BCUT2D eigenvalue weighted by atomic mass is 15.0. The van der Waals surface area contributed by atoms with Crippen LogP contribution in [0.3, 0.4) is 0 Å². The van der Waals surface area contributed by atoms with Gasteiger partial charge in [0.05, 0.1) is 0 Å². The number of nitrogens with zero attached hydrogens (tertiary/aromatic N) is 3. The van der Waals surface area contributed by atoms with Gasteiger partial charge in [-0.15, -0.1) is 0 Å². The van der Waals surface area contributed by atoms with Crippen molar-refractivity contribution in [1.82, 2.24) is 15.0 Å². The third-order valence-corrected chi connectivity index (χ3v) is 1.90. The van der Waals surface area contributed by atoms with Crippen molar-refractivity contribution in [2.24, 2.45) is 0 Å². The summed E-state index contributed by atoms with van der Waals surface area (Å²) in [6, 6.07) is 5.40. The van der Waals surface area contributed by atoms with E-state index in [1.165, 1.54) is 0 Å². The number of nitrogen functional groups attached to an aromatic ring is 3. The lowest BCUT2D eigenvalue weighted by Crippen LogP contribution is -2.06. The summed E-state index contributed by atoms with van der Waals surface area (Å²) in [7, 11) is 0. The van der Waals surface area contributed by atoms with Gasteiger partial charge in [0, 0.05) is 6.20 Å². The van der Waals surface area contributed by atoms with Gasteiger partial charge in [-0.1, -0.05) is 6.07 Å². The van der Waals surface area contributed by atoms with Gasteiger partial charge < -0.3 is 17.2 Å². The van der Waals surface area contributed by atoms with Crippen LogP contribution in [-0.2, 0) is 0 Å². The molecule has 0 aromatic carbocycles. The van der Waals surface area contributed by atoms with Crippen LogP contribution >= 0.6 is 0 Å².